The van der Waals surface area contributed by atoms with Gasteiger partial charge < -0.3 is 31.7 Å². The summed E-state index contributed by atoms with van der Waals surface area (Å²) in [5, 5.41) is 19.3. The van der Waals surface area contributed by atoms with Crippen LogP contribution in [0.15, 0.2) is 84.0 Å². The predicted octanol–water partition coefficient (Wildman–Crippen LogP) is 6.49. The molecule has 5 rings (SSSR count). The Morgan fingerprint density at radius 3 is 2.41 bits per heavy atom. The van der Waals surface area contributed by atoms with E-state index in [1.54, 1.807) is 18.4 Å². The summed E-state index contributed by atoms with van der Waals surface area (Å²) >= 11 is 1.63. The molecule has 4 aromatic rings. The summed E-state index contributed by atoms with van der Waals surface area (Å²) < 4.78 is 0. The number of fused-ring (bicyclic) bond motifs is 1. The molecule has 1 heterocycles. The maximum Gasteiger partial charge on any atom is 0.267 e. The van der Waals surface area contributed by atoms with Crippen molar-refractivity contribution in [2.45, 2.75) is 83.6 Å². The van der Waals surface area contributed by atoms with Crippen LogP contribution in [-0.4, -0.2) is 71.1 Å². The van der Waals surface area contributed by atoms with Crippen molar-refractivity contribution in [1.29, 1.82) is 0 Å². The molecule has 2 atom stereocenters. The number of aromatic hydroxyl groups is 1. The van der Waals surface area contributed by atoms with Crippen molar-refractivity contribution in [3.63, 3.8) is 0 Å². The third kappa shape index (κ3) is 12.1. The Bertz CT molecular complexity index is 2110. The van der Waals surface area contributed by atoms with Gasteiger partial charge in [0, 0.05) is 51.2 Å². The number of benzene rings is 3. The van der Waals surface area contributed by atoms with Crippen molar-refractivity contribution >= 4 is 40.7 Å². The molecule has 0 fully saturated rings. The lowest BCUT2D eigenvalue weighted by Gasteiger charge is -2.18. The zero-order valence-electron chi connectivity index (χ0n) is 33.5. The zero-order valence-corrected chi connectivity index (χ0v) is 34.3. The van der Waals surface area contributed by atoms with Gasteiger partial charge in [0.1, 0.15) is 11.4 Å². The number of rotatable bonds is 20. The number of carbonyl (C=O) groups is 5. The molecule has 0 saturated heterocycles. The second-order valence-corrected chi connectivity index (χ2v) is 15.8. The lowest BCUT2D eigenvalue weighted by Crippen LogP contribution is -2.36. The first-order valence-electron chi connectivity index (χ1n) is 19.9. The Balaban J connectivity index is 0.913. The molecular weight excluding hydrogens is 753 g/mol. The van der Waals surface area contributed by atoms with Crippen molar-refractivity contribution < 1.29 is 29.1 Å². The number of thiazole rings is 1. The minimum absolute atomic E-state index is 0.00162. The van der Waals surface area contributed by atoms with Crippen LogP contribution in [0.1, 0.15) is 113 Å². The van der Waals surface area contributed by atoms with Gasteiger partial charge in [0.2, 0.25) is 11.8 Å². The fraction of sp³-hybridized carbons (Fsp3) is 0.378. The third-order valence-electron chi connectivity index (χ3n) is 10.5. The summed E-state index contributed by atoms with van der Waals surface area (Å²) in [6.45, 7) is 5.16. The number of aromatic nitrogens is 1. The van der Waals surface area contributed by atoms with Crippen LogP contribution in [0, 0.1) is 6.92 Å². The van der Waals surface area contributed by atoms with Crippen LogP contribution in [-0.2, 0) is 20.8 Å². The van der Waals surface area contributed by atoms with E-state index in [1.165, 1.54) is 33.5 Å². The molecule has 0 radical (unpaired) electrons. The highest BCUT2D eigenvalue weighted by molar-refractivity contribution is 7.13. The first-order valence-corrected chi connectivity index (χ1v) is 20.8. The van der Waals surface area contributed by atoms with Crippen LogP contribution < -0.4 is 21.7 Å². The summed E-state index contributed by atoms with van der Waals surface area (Å²) in [6.07, 6.45) is 7.86. The zero-order chi connectivity index (χ0) is 41.6. The van der Waals surface area contributed by atoms with Crippen molar-refractivity contribution in [3.05, 3.63) is 118 Å². The molecule has 306 valence electrons. The number of aryl methyl sites for hydroxylation is 2. The first-order chi connectivity index (χ1) is 27.9. The van der Waals surface area contributed by atoms with Crippen LogP contribution in [0.25, 0.3) is 10.4 Å². The van der Waals surface area contributed by atoms with Gasteiger partial charge in [-0.15, -0.1) is 11.3 Å². The molecule has 0 spiro atoms. The molecule has 1 aromatic heterocycles. The Kier molecular flexibility index (Phi) is 15.7. The molecular formula is C45H54N6O6S. The molecule has 12 nitrogen and oxygen atoms in total. The number of ketones is 1. The number of phenolic OH excluding ortho intramolecular Hbond substituents is 1. The van der Waals surface area contributed by atoms with Gasteiger partial charge in [-0.25, -0.2) is 4.98 Å². The van der Waals surface area contributed by atoms with Crippen LogP contribution >= 0.6 is 11.3 Å². The molecule has 0 bridgehead atoms. The highest BCUT2D eigenvalue weighted by Gasteiger charge is 2.25. The van der Waals surface area contributed by atoms with Crippen molar-refractivity contribution in [2.75, 3.05) is 26.7 Å². The summed E-state index contributed by atoms with van der Waals surface area (Å²) in [5.41, 5.74) is 13.1. The summed E-state index contributed by atoms with van der Waals surface area (Å²) in [6, 6.07) is 19.9. The molecule has 6 N–H and O–H groups in total. The number of amides is 4. The lowest BCUT2D eigenvalue weighted by molar-refractivity contribution is -0.122. The minimum atomic E-state index is -0.587. The number of nitrogens with two attached hydrogens (primary N) is 1. The van der Waals surface area contributed by atoms with Gasteiger partial charge in [-0.3, -0.25) is 24.0 Å². The van der Waals surface area contributed by atoms with E-state index in [4.69, 9.17) is 5.73 Å². The normalized spacial score (nSPS) is 14.0. The average molecular weight is 807 g/mol. The van der Waals surface area contributed by atoms with Gasteiger partial charge >= 0.3 is 0 Å². The highest BCUT2D eigenvalue weighted by Crippen LogP contribution is 2.31. The number of carbonyl (C=O) groups excluding carboxylic acids is 5. The van der Waals surface area contributed by atoms with Gasteiger partial charge in [0.05, 0.1) is 27.7 Å². The molecule has 13 heteroatoms. The molecule has 0 aliphatic heterocycles. The van der Waals surface area contributed by atoms with Crippen LogP contribution in [0.3, 0.4) is 0 Å². The molecule has 1 aliphatic rings. The van der Waals surface area contributed by atoms with Crippen LogP contribution in [0.5, 0.6) is 5.75 Å². The average Bonchev–Trinajstić information content (AvgIpc) is 3.84. The van der Waals surface area contributed by atoms with Gasteiger partial charge in [0.25, 0.3) is 11.8 Å². The van der Waals surface area contributed by atoms with Crippen molar-refractivity contribution in [3.8, 4) is 16.2 Å². The molecule has 58 heavy (non-hydrogen) atoms. The van der Waals surface area contributed by atoms with Gasteiger partial charge in [-0.05, 0) is 79.0 Å². The first kappa shape index (κ1) is 43.3. The largest absolute Gasteiger partial charge is 0.507 e. The maximum absolute atomic E-state index is 13.0. The molecule has 1 aliphatic carbocycles. The topological polar surface area (TPSA) is 184 Å². The summed E-state index contributed by atoms with van der Waals surface area (Å²) in [4.78, 5) is 70.3. The van der Waals surface area contributed by atoms with Crippen molar-refractivity contribution in [2.24, 2.45) is 5.73 Å². The second kappa shape index (κ2) is 21.1. The fourth-order valence-corrected chi connectivity index (χ4v) is 7.85. The van der Waals surface area contributed by atoms with Gasteiger partial charge in [-0.2, -0.15) is 0 Å². The quantitative estimate of drug-likeness (QED) is 0.0381. The SMILES string of the molecule is Cc1ncsc1-c1ccc([C@@H](C)CC(=O)NCCCCCCCC(=O)NCCN(C)C(=O)c2ccc(C(=O)C=C(N)C(=O)NC3CCc4ccccc43)cc2O)cc1. The second-order valence-electron chi connectivity index (χ2n) is 14.9. The number of hydrogen-bond acceptors (Lipinski definition) is 9. The molecule has 4 amide bonds. The number of allylic oxidation sites excluding steroid dienone is 1. The molecule has 3 aromatic carbocycles. The highest BCUT2D eigenvalue weighted by atomic mass is 32.1. The van der Waals surface area contributed by atoms with Gasteiger partial charge in [0.15, 0.2) is 5.78 Å². The van der Waals surface area contributed by atoms with E-state index in [1.807, 2.05) is 36.7 Å². The molecule has 0 saturated carbocycles. The van der Waals surface area contributed by atoms with E-state index in [9.17, 15) is 29.1 Å². The van der Waals surface area contributed by atoms with E-state index in [2.05, 4.69) is 52.1 Å². The Hall–Kier alpha value is -5.82. The monoisotopic (exact) mass is 806 g/mol. The van der Waals surface area contributed by atoms with E-state index in [-0.39, 0.29) is 59.4 Å². The Labute approximate surface area is 344 Å². The number of unbranched alkanes of at least 4 members (excludes halogenated alkanes) is 4. The van der Waals surface area contributed by atoms with E-state index < -0.39 is 17.6 Å². The smallest absolute Gasteiger partial charge is 0.267 e. The van der Waals surface area contributed by atoms with Crippen molar-refractivity contribution in [1.82, 2.24) is 25.8 Å². The summed E-state index contributed by atoms with van der Waals surface area (Å²) in [5.74, 6) is -1.95. The van der Waals surface area contributed by atoms with Crippen LogP contribution in [0.2, 0.25) is 0 Å². The predicted molar refractivity (Wildman–Crippen MR) is 226 cm³/mol. The number of phenols is 1. The molecule has 1 unspecified atom stereocenters. The van der Waals surface area contributed by atoms with Gasteiger partial charge in [-0.1, -0.05) is 74.7 Å². The number of hydrogen-bond donors (Lipinski definition) is 5. The van der Waals surface area contributed by atoms with E-state index in [0.717, 1.165) is 73.4 Å². The standard InChI is InChI=1S/C45H54N6O6S/c1-29(31-14-16-33(17-15-31)43-30(2)49-28-58-43)25-42(55)47-22-10-6-4-5-7-13-41(54)48-23-24-51(3)45(57)36-20-18-34(26-40(36)53)39(52)27-37(46)44(56)50-38-21-19-32-11-8-9-12-35(32)38/h8-9,11-12,14-18,20,26-29,38,53H,4-7,10,13,19,21-25,46H2,1-3H3,(H,47,55)(H,48,54)(H,50,56)/t29-,38?/m0/s1. The lowest BCUT2D eigenvalue weighted by atomic mass is 9.96. The van der Waals surface area contributed by atoms with E-state index in [0.29, 0.717) is 19.4 Å². The number of nitrogens with one attached hydrogen (secondary N) is 3. The van der Waals surface area contributed by atoms with Crippen LogP contribution in [0.4, 0.5) is 0 Å². The number of nitrogens with zero attached hydrogens (tertiary/aromatic N) is 2. The van der Waals surface area contributed by atoms with E-state index >= 15 is 0 Å². The minimum Gasteiger partial charge on any atom is -0.507 e. The number of likely N-dealkylation sites (N-methyl/N-ethyl adjacent to an activating group) is 1. The third-order valence-corrected chi connectivity index (χ3v) is 11.5. The fourth-order valence-electron chi connectivity index (χ4n) is 7.04. The summed E-state index contributed by atoms with van der Waals surface area (Å²) in [7, 11) is 1.56. The Morgan fingerprint density at radius 2 is 1.67 bits per heavy atom. The maximum atomic E-state index is 13.0. The Morgan fingerprint density at radius 1 is 0.948 bits per heavy atom.